The van der Waals surface area contributed by atoms with E-state index in [2.05, 4.69) is 20.5 Å². The maximum atomic E-state index is 12.8. The van der Waals surface area contributed by atoms with Crippen molar-refractivity contribution in [3.05, 3.63) is 53.1 Å². The van der Waals surface area contributed by atoms with E-state index in [1.54, 1.807) is 30.3 Å². The number of carbonyl (C=O) groups excluding carboxylic acids is 1. The minimum absolute atomic E-state index is 0.158. The molecule has 2 aromatic carbocycles. The maximum absolute atomic E-state index is 12.8. The van der Waals surface area contributed by atoms with Gasteiger partial charge in [0.1, 0.15) is 0 Å². The highest BCUT2D eigenvalue weighted by Gasteiger charge is 2.17. The number of guanidine groups is 1. The van der Waals surface area contributed by atoms with Gasteiger partial charge in [0, 0.05) is 35.9 Å². The second-order valence-corrected chi connectivity index (χ2v) is 7.28. The SMILES string of the molecule is O=C(NC(=NCCN1CCOCC1)Nc1cccc(Cl)c1)c1ccc2c(c1)OCO2. The molecule has 1 fully saturated rings. The van der Waals surface area contributed by atoms with E-state index in [0.29, 0.717) is 34.6 Å². The summed E-state index contributed by atoms with van der Waals surface area (Å²) in [5.41, 5.74) is 1.19. The molecule has 0 spiro atoms. The molecule has 158 valence electrons. The van der Waals surface area contributed by atoms with Crippen LogP contribution < -0.4 is 20.1 Å². The molecule has 1 amide bonds. The van der Waals surface area contributed by atoms with Gasteiger partial charge in [-0.2, -0.15) is 0 Å². The first-order chi connectivity index (χ1) is 14.7. The zero-order valence-electron chi connectivity index (χ0n) is 16.4. The average Bonchev–Trinajstić information content (AvgIpc) is 3.22. The summed E-state index contributed by atoms with van der Waals surface area (Å²) in [5.74, 6) is 1.24. The second-order valence-electron chi connectivity index (χ2n) is 6.84. The normalized spacial score (nSPS) is 16.4. The number of aliphatic imine (C=N–C) groups is 1. The molecule has 2 heterocycles. The number of benzene rings is 2. The maximum Gasteiger partial charge on any atom is 0.258 e. The van der Waals surface area contributed by atoms with Crippen molar-refractivity contribution in [1.29, 1.82) is 0 Å². The highest BCUT2D eigenvalue weighted by Crippen LogP contribution is 2.32. The third-order valence-electron chi connectivity index (χ3n) is 4.74. The summed E-state index contributed by atoms with van der Waals surface area (Å²) in [5, 5.41) is 6.58. The fourth-order valence-corrected chi connectivity index (χ4v) is 3.35. The molecule has 2 N–H and O–H groups in total. The van der Waals surface area contributed by atoms with Crippen LogP contribution >= 0.6 is 11.6 Å². The van der Waals surface area contributed by atoms with E-state index < -0.39 is 0 Å². The molecule has 2 aliphatic rings. The van der Waals surface area contributed by atoms with Crippen LogP contribution in [0.25, 0.3) is 0 Å². The molecule has 4 rings (SSSR count). The van der Waals surface area contributed by atoms with Gasteiger partial charge in [0.15, 0.2) is 11.5 Å². The van der Waals surface area contributed by atoms with Crippen LogP contribution in [0.15, 0.2) is 47.5 Å². The summed E-state index contributed by atoms with van der Waals surface area (Å²) < 4.78 is 16.0. The number of anilines is 1. The average molecular weight is 431 g/mol. The van der Waals surface area contributed by atoms with Crippen molar-refractivity contribution in [2.24, 2.45) is 4.99 Å². The Morgan fingerprint density at radius 3 is 2.77 bits per heavy atom. The molecule has 0 aromatic heterocycles. The molecule has 0 bridgehead atoms. The van der Waals surface area contributed by atoms with Gasteiger partial charge in [-0.1, -0.05) is 17.7 Å². The van der Waals surface area contributed by atoms with Gasteiger partial charge in [-0.3, -0.25) is 20.0 Å². The zero-order chi connectivity index (χ0) is 20.8. The minimum Gasteiger partial charge on any atom is -0.454 e. The monoisotopic (exact) mass is 430 g/mol. The fourth-order valence-electron chi connectivity index (χ4n) is 3.16. The highest BCUT2D eigenvalue weighted by atomic mass is 35.5. The molecule has 9 heteroatoms. The molecule has 0 atom stereocenters. The van der Waals surface area contributed by atoms with E-state index >= 15 is 0 Å². The van der Waals surface area contributed by atoms with E-state index in [1.807, 2.05) is 12.1 Å². The van der Waals surface area contributed by atoms with Gasteiger partial charge in [0.2, 0.25) is 12.8 Å². The Hall–Kier alpha value is -2.81. The lowest BCUT2D eigenvalue weighted by molar-refractivity contribution is 0.0394. The van der Waals surface area contributed by atoms with Gasteiger partial charge in [-0.25, -0.2) is 0 Å². The van der Waals surface area contributed by atoms with Crippen molar-refractivity contribution in [3.63, 3.8) is 0 Å². The zero-order valence-corrected chi connectivity index (χ0v) is 17.2. The molecule has 2 aliphatic heterocycles. The summed E-state index contributed by atoms with van der Waals surface area (Å²) in [6.45, 7) is 4.71. The van der Waals surface area contributed by atoms with E-state index in [1.165, 1.54) is 0 Å². The lowest BCUT2D eigenvalue weighted by atomic mass is 10.2. The number of fused-ring (bicyclic) bond motifs is 1. The first-order valence-electron chi connectivity index (χ1n) is 9.75. The Morgan fingerprint density at radius 1 is 1.10 bits per heavy atom. The van der Waals surface area contributed by atoms with Crippen molar-refractivity contribution in [2.45, 2.75) is 0 Å². The van der Waals surface area contributed by atoms with Crippen LogP contribution in [0, 0.1) is 0 Å². The summed E-state index contributed by atoms with van der Waals surface area (Å²) in [6, 6.07) is 12.3. The topological polar surface area (TPSA) is 84.4 Å². The van der Waals surface area contributed by atoms with Crippen LogP contribution in [0.4, 0.5) is 5.69 Å². The molecule has 0 aliphatic carbocycles. The predicted octanol–water partition coefficient (Wildman–Crippen LogP) is 2.60. The van der Waals surface area contributed by atoms with Gasteiger partial charge in [-0.15, -0.1) is 0 Å². The summed E-state index contributed by atoms with van der Waals surface area (Å²) in [6.07, 6.45) is 0. The lowest BCUT2D eigenvalue weighted by Crippen LogP contribution is -2.39. The first kappa shape index (κ1) is 20.5. The Balaban J connectivity index is 1.45. The first-order valence-corrected chi connectivity index (χ1v) is 10.1. The number of carbonyl (C=O) groups is 1. The van der Waals surface area contributed by atoms with Crippen LogP contribution in [-0.2, 0) is 4.74 Å². The molecule has 2 aromatic rings. The molecular formula is C21H23ClN4O4. The van der Waals surface area contributed by atoms with Crippen LogP contribution in [-0.4, -0.2) is 63.0 Å². The van der Waals surface area contributed by atoms with Gasteiger partial charge >= 0.3 is 0 Å². The van der Waals surface area contributed by atoms with Gasteiger partial charge in [0.25, 0.3) is 5.91 Å². The Labute approximate surface area is 179 Å². The number of amides is 1. The summed E-state index contributed by atoms with van der Waals surface area (Å²) in [4.78, 5) is 19.6. The fraction of sp³-hybridized carbons (Fsp3) is 0.333. The number of hydrogen-bond acceptors (Lipinski definition) is 6. The standard InChI is InChI=1S/C21H23ClN4O4/c22-16-2-1-3-17(13-16)24-21(23-6-7-26-8-10-28-11-9-26)25-20(27)15-4-5-18-19(12-15)30-14-29-18/h1-5,12-13H,6-11,14H2,(H2,23,24,25,27). The molecule has 0 radical (unpaired) electrons. The van der Waals surface area contributed by atoms with E-state index in [-0.39, 0.29) is 12.7 Å². The quantitative estimate of drug-likeness (QED) is 0.560. The molecular weight excluding hydrogens is 408 g/mol. The van der Waals surface area contributed by atoms with Crippen molar-refractivity contribution in [3.8, 4) is 11.5 Å². The van der Waals surface area contributed by atoms with Gasteiger partial charge in [0.05, 0.1) is 19.8 Å². The Kier molecular flexibility index (Phi) is 6.68. The van der Waals surface area contributed by atoms with E-state index in [9.17, 15) is 4.79 Å². The Morgan fingerprint density at radius 2 is 1.93 bits per heavy atom. The van der Waals surface area contributed by atoms with Crippen molar-refractivity contribution < 1.29 is 19.0 Å². The van der Waals surface area contributed by atoms with Crippen LogP contribution in [0.3, 0.4) is 0 Å². The number of halogens is 1. The smallest absolute Gasteiger partial charge is 0.258 e. The minimum atomic E-state index is -0.298. The number of nitrogens with one attached hydrogen (secondary N) is 2. The molecule has 8 nitrogen and oxygen atoms in total. The van der Waals surface area contributed by atoms with Crippen molar-refractivity contribution in [1.82, 2.24) is 10.2 Å². The number of rotatable bonds is 5. The number of morpholine rings is 1. The third kappa shape index (κ3) is 5.41. The Bertz CT molecular complexity index is 931. The molecule has 1 saturated heterocycles. The highest BCUT2D eigenvalue weighted by molar-refractivity contribution is 6.31. The third-order valence-corrected chi connectivity index (χ3v) is 4.98. The number of nitrogens with zero attached hydrogens (tertiary/aromatic N) is 2. The van der Waals surface area contributed by atoms with E-state index in [0.717, 1.165) is 38.5 Å². The molecule has 30 heavy (non-hydrogen) atoms. The summed E-state index contributed by atoms with van der Waals surface area (Å²) >= 11 is 6.08. The van der Waals surface area contributed by atoms with Gasteiger partial charge < -0.3 is 19.5 Å². The predicted molar refractivity (Wildman–Crippen MR) is 115 cm³/mol. The lowest BCUT2D eigenvalue weighted by Gasteiger charge is -2.25. The number of hydrogen-bond donors (Lipinski definition) is 2. The van der Waals surface area contributed by atoms with Crippen LogP contribution in [0.2, 0.25) is 5.02 Å². The van der Waals surface area contributed by atoms with Crippen molar-refractivity contribution >= 4 is 29.2 Å². The number of ether oxygens (including phenoxy) is 3. The molecule has 0 unspecified atom stereocenters. The largest absolute Gasteiger partial charge is 0.454 e. The van der Waals surface area contributed by atoms with Crippen LogP contribution in [0.1, 0.15) is 10.4 Å². The van der Waals surface area contributed by atoms with Crippen LogP contribution in [0.5, 0.6) is 11.5 Å². The second kappa shape index (κ2) is 9.80. The van der Waals surface area contributed by atoms with Gasteiger partial charge in [-0.05, 0) is 36.4 Å². The summed E-state index contributed by atoms with van der Waals surface area (Å²) in [7, 11) is 0. The van der Waals surface area contributed by atoms with E-state index in [4.69, 9.17) is 25.8 Å². The molecule has 0 saturated carbocycles. The van der Waals surface area contributed by atoms with Crippen molar-refractivity contribution in [2.75, 3.05) is 51.5 Å².